The second kappa shape index (κ2) is 4.23. The van der Waals surface area contributed by atoms with Crippen molar-refractivity contribution in [1.29, 1.82) is 0 Å². The summed E-state index contributed by atoms with van der Waals surface area (Å²) in [6, 6.07) is 9.84. The number of carbonyl (C=O) groups excluding carboxylic acids is 1. The Morgan fingerprint density at radius 2 is 1.71 bits per heavy atom. The summed E-state index contributed by atoms with van der Waals surface area (Å²) in [6.45, 7) is 5.76. The predicted octanol–water partition coefficient (Wildman–Crippen LogP) is 3.32. The van der Waals surface area contributed by atoms with Crippen molar-refractivity contribution >= 4 is 11.9 Å². The van der Waals surface area contributed by atoms with Crippen molar-refractivity contribution in [3.63, 3.8) is 0 Å². The van der Waals surface area contributed by atoms with Gasteiger partial charge in [0.1, 0.15) is 0 Å². The molecule has 0 aliphatic heterocycles. The zero-order chi connectivity index (χ0) is 10.6. The second-order valence-electron chi connectivity index (χ2n) is 4.36. The Balaban J connectivity index is 2.71. The SMILES string of the molecule is CC(C)(C)C(=O)/C=C\c1ccccc1. The van der Waals surface area contributed by atoms with Crippen LogP contribution in [0.15, 0.2) is 36.4 Å². The van der Waals surface area contributed by atoms with Crippen molar-refractivity contribution in [3.05, 3.63) is 42.0 Å². The van der Waals surface area contributed by atoms with Crippen LogP contribution in [0.2, 0.25) is 0 Å². The lowest BCUT2D eigenvalue weighted by Crippen LogP contribution is -2.17. The molecule has 0 aromatic heterocycles. The molecule has 0 saturated heterocycles. The van der Waals surface area contributed by atoms with Crippen molar-refractivity contribution in [2.24, 2.45) is 5.41 Å². The molecule has 0 N–H and O–H groups in total. The molecule has 0 atom stereocenters. The fraction of sp³-hybridized carbons (Fsp3) is 0.308. The van der Waals surface area contributed by atoms with Gasteiger partial charge in [0, 0.05) is 5.41 Å². The molecule has 0 aliphatic rings. The van der Waals surface area contributed by atoms with E-state index in [9.17, 15) is 4.79 Å². The molecule has 0 aliphatic carbocycles. The predicted molar refractivity (Wildman–Crippen MR) is 59.9 cm³/mol. The summed E-state index contributed by atoms with van der Waals surface area (Å²) < 4.78 is 0. The number of hydrogen-bond acceptors (Lipinski definition) is 1. The van der Waals surface area contributed by atoms with Crippen LogP contribution in [0, 0.1) is 5.41 Å². The van der Waals surface area contributed by atoms with Gasteiger partial charge in [0.2, 0.25) is 0 Å². The van der Waals surface area contributed by atoms with E-state index >= 15 is 0 Å². The summed E-state index contributed by atoms with van der Waals surface area (Å²) in [5.41, 5.74) is 0.774. The van der Waals surface area contributed by atoms with Gasteiger partial charge in [0.15, 0.2) is 5.78 Å². The van der Waals surface area contributed by atoms with E-state index in [-0.39, 0.29) is 11.2 Å². The molecule has 0 radical (unpaired) electrons. The van der Waals surface area contributed by atoms with Crippen LogP contribution in [-0.4, -0.2) is 5.78 Å². The monoisotopic (exact) mass is 188 g/mol. The first kappa shape index (κ1) is 10.7. The van der Waals surface area contributed by atoms with Crippen molar-refractivity contribution in [2.45, 2.75) is 20.8 Å². The van der Waals surface area contributed by atoms with Gasteiger partial charge in [-0.15, -0.1) is 0 Å². The first-order valence-corrected chi connectivity index (χ1v) is 4.78. The number of rotatable bonds is 2. The maximum atomic E-state index is 11.6. The van der Waals surface area contributed by atoms with Crippen LogP contribution in [0.5, 0.6) is 0 Å². The minimum Gasteiger partial charge on any atom is -0.294 e. The standard InChI is InChI=1S/C13H16O/c1-13(2,3)12(14)10-9-11-7-5-4-6-8-11/h4-10H,1-3H3/b10-9-. The number of benzene rings is 1. The lowest BCUT2D eigenvalue weighted by Gasteiger charge is -2.12. The number of hydrogen-bond donors (Lipinski definition) is 0. The first-order valence-electron chi connectivity index (χ1n) is 4.78. The Bertz CT molecular complexity index is 328. The summed E-state index contributed by atoms with van der Waals surface area (Å²) in [5.74, 6) is 0.154. The minimum absolute atomic E-state index is 0.154. The third-order valence-corrected chi connectivity index (χ3v) is 1.97. The van der Waals surface area contributed by atoms with Gasteiger partial charge in [0.05, 0.1) is 0 Å². The van der Waals surface area contributed by atoms with Gasteiger partial charge in [-0.05, 0) is 11.6 Å². The molecule has 14 heavy (non-hydrogen) atoms. The molecule has 0 bridgehead atoms. The molecular formula is C13H16O. The van der Waals surface area contributed by atoms with Crippen LogP contribution in [0.1, 0.15) is 26.3 Å². The molecule has 0 fully saturated rings. The molecule has 1 heteroatoms. The van der Waals surface area contributed by atoms with Crippen molar-refractivity contribution < 1.29 is 4.79 Å². The van der Waals surface area contributed by atoms with Gasteiger partial charge in [-0.3, -0.25) is 4.79 Å². The van der Waals surface area contributed by atoms with Crippen LogP contribution >= 0.6 is 0 Å². The fourth-order valence-electron chi connectivity index (χ4n) is 0.986. The minimum atomic E-state index is -0.286. The lowest BCUT2D eigenvalue weighted by molar-refractivity contribution is -0.121. The van der Waals surface area contributed by atoms with E-state index in [0.717, 1.165) is 5.56 Å². The van der Waals surface area contributed by atoms with Crippen LogP contribution < -0.4 is 0 Å². The van der Waals surface area contributed by atoms with Crippen molar-refractivity contribution in [3.8, 4) is 0 Å². The molecule has 1 nitrogen and oxygen atoms in total. The third kappa shape index (κ3) is 3.17. The first-order chi connectivity index (χ1) is 6.50. The van der Waals surface area contributed by atoms with E-state index in [2.05, 4.69) is 0 Å². The van der Waals surface area contributed by atoms with E-state index in [0.29, 0.717) is 0 Å². The van der Waals surface area contributed by atoms with Crippen molar-refractivity contribution in [2.75, 3.05) is 0 Å². The molecule has 0 saturated carbocycles. The maximum Gasteiger partial charge on any atom is 0.161 e. The zero-order valence-corrected chi connectivity index (χ0v) is 8.95. The van der Waals surface area contributed by atoms with Gasteiger partial charge >= 0.3 is 0 Å². The molecule has 74 valence electrons. The van der Waals surface area contributed by atoms with Gasteiger partial charge < -0.3 is 0 Å². The normalized spacial score (nSPS) is 11.9. The maximum absolute atomic E-state index is 11.6. The Labute approximate surface area is 85.5 Å². The van der Waals surface area contributed by atoms with Gasteiger partial charge in [-0.1, -0.05) is 57.2 Å². The highest BCUT2D eigenvalue weighted by Gasteiger charge is 2.17. The van der Waals surface area contributed by atoms with E-state index in [1.807, 2.05) is 57.2 Å². The summed E-state index contributed by atoms with van der Waals surface area (Å²) in [7, 11) is 0. The molecule has 0 spiro atoms. The molecule has 0 unspecified atom stereocenters. The van der Waals surface area contributed by atoms with E-state index in [1.165, 1.54) is 0 Å². The Morgan fingerprint density at radius 3 is 2.21 bits per heavy atom. The molecule has 1 rings (SSSR count). The molecule has 1 aromatic carbocycles. The zero-order valence-electron chi connectivity index (χ0n) is 8.95. The number of carbonyl (C=O) groups is 1. The molecule has 0 heterocycles. The summed E-state index contributed by atoms with van der Waals surface area (Å²) >= 11 is 0. The molecule has 0 amide bonds. The lowest BCUT2D eigenvalue weighted by atomic mass is 9.90. The van der Waals surface area contributed by atoms with Crippen molar-refractivity contribution in [1.82, 2.24) is 0 Å². The fourth-order valence-corrected chi connectivity index (χ4v) is 0.986. The summed E-state index contributed by atoms with van der Waals surface area (Å²) in [5, 5.41) is 0. The number of ketones is 1. The van der Waals surface area contributed by atoms with E-state index < -0.39 is 0 Å². The topological polar surface area (TPSA) is 17.1 Å². The van der Waals surface area contributed by atoms with Crippen LogP contribution in [-0.2, 0) is 4.79 Å². The average molecular weight is 188 g/mol. The van der Waals surface area contributed by atoms with Gasteiger partial charge in [0.25, 0.3) is 0 Å². The third-order valence-electron chi connectivity index (χ3n) is 1.97. The van der Waals surface area contributed by atoms with E-state index in [4.69, 9.17) is 0 Å². The summed E-state index contributed by atoms with van der Waals surface area (Å²) in [6.07, 6.45) is 3.50. The van der Waals surface area contributed by atoms with Gasteiger partial charge in [-0.2, -0.15) is 0 Å². The highest BCUT2D eigenvalue weighted by molar-refractivity contribution is 5.97. The highest BCUT2D eigenvalue weighted by Crippen LogP contribution is 2.15. The smallest absolute Gasteiger partial charge is 0.161 e. The van der Waals surface area contributed by atoms with Crippen LogP contribution in [0.3, 0.4) is 0 Å². The van der Waals surface area contributed by atoms with Crippen LogP contribution in [0.4, 0.5) is 0 Å². The summed E-state index contributed by atoms with van der Waals surface area (Å²) in [4.78, 5) is 11.6. The van der Waals surface area contributed by atoms with Crippen LogP contribution in [0.25, 0.3) is 6.08 Å². The molecule has 1 aromatic rings. The largest absolute Gasteiger partial charge is 0.294 e. The molecular weight excluding hydrogens is 172 g/mol. The Kier molecular flexibility index (Phi) is 3.23. The van der Waals surface area contributed by atoms with Gasteiger partial charge in [-0.25, -0.2) is 0 Å². The Hall–Kier alpha value is -1.37. The quantitative estimate of drug-likeness (QED) is 0.651. The second-order valence-corrected chi connectivity index (χ2v) is 4.36. The Morgan fingerprint density at radius 1 is 1.14 bits per heavy atom. The number of allylic oxidation sites excluding steroid dienone is 1. The van der Waals surface area contributed by atoms with E-state index in [1.54, 1.807) is 6.08 Å². The average Bonchev–Trinajstić information content (AvgIpc) is 2.14. The highest BCUT2D eigenvalue weighted by atomic mass is 16.1.